The molecule has 0 bridgehead atoms. The fourth-order valence-corrected chi connectivity index (χ4v) is 1.55. The van der Waals surface area contributed by atoms with Gasteiger partial charge in [-0.25, -0.2) is 5.10 Å². The summed E-state index contributed by atoms with van der Waals surface area (Å²) in [5.41, 5.74) is 1.43. The fourth-order valence-electron chi connectivity index (χ4n) is 1.55. The van der Waals surface area contributed by atoms with Crippen LogP contribution in [0.4, 0.5) is 0 Å². The maximum absolute atomic E-state index is 11.5. The van der Waals surface area contributed by atoms with Crippen molar-refractivity contribution in [3.63, 3.8) is 0 Å². The Labute approximate surface area is 80.7 Å². The van der Waals surface area contributed by atoms with Crippen molar-refractivity contribution in [3.8, 4) is 0 Å². The number of fused-ring (bicyclic) bond motifs is 1. The molecule has 14 heavy (non-hydrogen) atoms. The molecule has 2 heterocycles. The summed E-state index contributed by atoms with van der Waals surface area (Å²) < 4.78 is 1.69. The van der Waals surface area contributed by atoms with Gasteiger partial charge >= 0.3 is 0 Å². The summed E-state index contributed by atoms with van der Waals surface area (Å²) in [6.07, 6.45) is 1.62. The molecule has 0 aliphatic heterocycles. The molecule has 0 amide bonds. The van der Waals surface area contributed by atoms with Gasteiger partial charge in [0.25, 0.3) is 5.56 Å². The largest absolute Gasteiger partial charge is 0.275 e. The van der Waals surface area contributed by atoms with Crippen LogP contribution >= 0.6 is 0 Å². The lowest BCUT2D eigenvalue weighted by atomic mass is 10.1. The first kappa shape index (κ1) is 8.93. The van der Waals surface area contributed by atoms with Gasteiger partial charge in [-0.15, -0.1) is 0 Å². The molecule has 2 aromatic heterocycles. The molecule has 5 nitrogen and oxygen atoms in total. The third kappa shape index (κ3) is 1.13. The van der Waals surface area contributed by atoms with Gasteiger partial charge in [0, 0.05) is 7.05 Å². The molecule has 5 heteroatoms. The summed E-state index contributed by atoms with van der Waals surface area (Å²) in [5.74, 6) is 0.238. The number of aromatic amines is 1. The highest BCUT2D eigenvalue weighted by molar-refractivity contribution is 5.80. The van der Waals surface area contributed by atoms with E-state index in [1.54, 1.807) is 10.9 Å². The van der Waals surface area contributed by atoms with Gasteiger partial charge < -0.3 is 0 Å². The smallest absolute Gasteiger partial charge is 0.267 e. The first-order valence-electron chi connectivity index (χ1n) is 4.51. The highest BCUT2D eigenvalue weighted by Crippen LogP contribution is 2.19. The van der Waals surface area contributed by atoms with Crippen LogP contribution < -0.4 is 5.56 Å². The summed E-state index contributed by atoms with van der Waals surface area (Å²) >= 11 is 0. The maximum atomic E-state index is 11.5. The number of H-pyrrole nitrogens is 1. The summed E-state index contributed by atoms with van der Waals surface area (Å²) in [6.45, 7) is 4.03. The summed E-state index contributed by atoms with van der Waals surface area (Å²) in [5, 5.41) is 11.1. The van der Waals surface area contributed by atoms with E-state index in [1.807, 2.05) is 20.9 Å². The predicted molar refractivity (Wildman–Crippen MR) is 53.2 cm³/mol. The molecule has 0 spiro atoms. The van der Waals surface area contributed by atoms with E-state index in [-0.39, 0.29) is 11.5 Å². The van der Waals surface area contributed by atoms with Crippen LogP contribution in [0.5, 0.6) is 0 Å². The Balaban J connectivity index is 2.93. The zero-order valence-corrected chi connectivity index (χ0v) is 8.40. The molecule has 0 aliphatic rings. The zero-order chi connectivity index (χ0) is 10.3. The second-order valence-electron chi connectivity index (χ2n) is 3.62. The molecule has 74 valence electrons. The molecule has 0 fully saturated rings. The first-order valence-corrected chi connectivity index (χ1v) is 4.51. The standard InChI is InChI=1S/C9H12N4O/c1-5(2)8-7-6(13(3)12-8)4-10-11-9(7)14/h4-5H,1-3H3,(H,11,14). The molecular formula is C9H12N4O. The molecule has 0 saturated carbocycles. The van der Waals surface area contributed by atoms with Crippen molar-refractivity contribution in [2.24, 2.45) is 7.05 Å². The third-order valence-corrected chi connectivity index (χ3v) is 2.25. The van der Waals surface area contributed by atoms with Gasteiger partial charge in [0.15, 0.2) is 0 Å². The molecule has 1 N–H and O–H groups in total. The van der Waals surface area contributed by atoms with Crippen LogP contribution in [0.15, 0.2) is 11.0 Å². The van der Waals surface area contributed by atoms with Crippen molar-refractivity contribution < 1.29 is 0 Å². The van der Waals surface area contributed by atoms with E-state index >= 15 is 0 Å². The SMILES string of the molecule is CC(C)c1nn(C)c2cn[nH]c(=O)c12. The quantitative estimate of drug-likeness (QED) is 0.726. The van der Waals surface area contributed by atoms with Crippen molar-refractivity contribution in [2.45, 2.75) is 19.8 Å². The lowest BCUT2D eigenvalue weighted by Crippen LogP contribution is -2.08. The van der Waals surface area contributed by atoms with Gasteiger partial charge in [0.05, 0.1) is 22.8 Å². The molecule has 0 aliphatic carbocycles. The van der Waals surface area contributed by atoms with Crippen molar-refractivity contribution >= 4 is 10.9 Å². The lowest BCUT2D eigenvalue weighted by Gasteiger charge is -1.97. The monoisotopic (exact) mass is 192 g/mol. The van der Waals surface area contributed by atoms with E-state index in [2.05, 4.69) is 15.3 Å². The molecule has 0 radical (unpaired) electrons. The summed E-state index contributed by atoms with van der Waals surface area (Å²) in [6, 6.07) is 0. The Hall–Kier alpha value is -1.65. The van der Waals surface area contributed by atoms with Gasteiger partial charge in [-0.3, -0.25) is 9.48 Å². The van der Waals surface area contributed by atoms with E-state index in [4.69, 9.17) is 0 Å². The number of nitrogens with zero attached hydrogens (tertiary/aromatic N) is 3. The number of hydrogen-bond donors (Lipinski definition) is 1. The van der Waals surface area contributed by atoms with Crippen molar-refractivity contribution in [2.75, 3.05) is 0 Å². The number of nitrogens with one attached hydrogen (secondary N) is 1. The van der Waals surface area contributed by atoms with Crippen LogP contribution in [-0.4, -0.2) is 20.0 Å². The van der Waals surface area contributed by atoms with Crippen molar-refractivity contribution in [1.82, 2.24) is 20.0 Å². The van der Waals surface area contributed by atoms with Crippen LogP contribution in [0.2, 0.25) is 0 Å². The highest BCUT2D eigenvalue weighted by Gasteiger charge is 2.14. The van der Waals surface area contributed by atoms with Crippen molar-refractivity contribution in [3.05, 3.63) is 22.2 Å². The second kappa shape index (κ2) is 2.94. The third-order valence-electron chi connectivity index (χ3n) is 2.25. The van der Waals surface area contributed by atoms with Crippen LogP contribution in [0.1, 0.15) is 25.5 Å². The van der Waals surface area contributed by atoms with E-state index < -0.39 is 0 Å². The minimum Gasteiger partial charge on any atom is -0.267 e. The normalized spacial score (nSPS) is 11.4. The first-order chi connectivity index (χ1) is 6.61. The number of rotatable bonds is 1. The van der Waals surface area contributed by atoms with Gasteiger partial charge in [0.2, 0.25) is 0 Å². The number of aromatic nitrogens is 4. The van der Waals surface area contributed by atoms with E-state index in [9.17, 15) is 4.79 Å². The minimum atomic E-state index is -0.167. The summed E-state index contributed by atoms with van der Waals surface area (Å²) in [7, 11) is 1.81. The number of hydrogen-bond acceptors (Lipinski definition) is 3. The van der Waals surface area contributed by atoms with Crippen molar-refractivity contribution in [1.29, 1.82) is 0 Å². The van der Waals surface area contributed by atoms with E-state index in [0.29, 0.717) is 5.39 Å². The molecule has 0 saturated heterocycles. The van der Waals surface area contributed by atoms with Crippen LogP contribution in [0.3, 0.4) is 0 Å². The maximum Gasteiger partial charge on any atom is 0.275 e. The van der Waals surface area contributed by atoms with E-state index in [0.717, 1.165) is 11.2 Å². The molecule has 0 atom stereocenters. The Morgan fingerprint density at radius 2 is 2.21 bits per heavy atom. The molecular weight excluding hydrogens is 180 g/mol. The van der Waals surface area contributed by atoms with E-state index in [1.165, 1.54) is 0 Å². The number of aryl methyl sites for hydroxylation is 1. The highest BCUT2D eigenvalue weighted by atomic mass is 16.1. The Bertz CT molecular complexity index is 523. The van der Waals surface area contributed by atoms with Crippen LogP contribution in [-0.2, 0) is 7.05 Å². The Morgan fingerprint density at radius 3 is 2.86 bits per heavy atom. The average molecular weight is 192 g/mol. The topological polar surface area (TPSA) is 63.6 Å². The molecule has 0 unspecified atom stereocenters. The molecule has 0 aromatic carbocycles. The predicted octanol–water partition coefficient (Wildman–Crippen LogP) is 0.780. The molecule has 2 aromatic rings. The fraction of sp³-hybridized carbons (Fsp3) is 0.444. The lowest BCUT2D eigenvalue weighted by molar-refractivity contribution is 0.728. The summed E-state index contributed by atoms with van der Waals surface area (Å²) in [4.78, 5) is 11.5. The van der Waals surface area contributed by atoms with Gasteiger partial charge in [-0.2, -0.15) is 10.2 Å². The Kier molecular flexibility index (Phi) is 1.87. The minimum absolute atomic E-state index is 0.167. The van der Waals surface area contributed by atoms with Crippen LogP contribution in [0.25, 0.3) is 10.9 Å². The average Bonchev–Trinajstić information content (AvgIpc) is 2.46. The van der Waals surface area contributed by atoms with Gasteiger partial charge in [-0.05, 0) is 5.92 Å². The van der Waals surface area contributed by atoms with Gasteiger partial charge in [0.1, 0.15) is 0 Å². The molecule has 2 rings (SSSR count). The van der Waals surface area contributed by atoms with Crippen LogP contribution in [0, 0.1) is 0 Å². The van der Waals surface area contributed by atoms with Gasteiger partial charge in [-0.1, -0.05) is 13.8 Å². The Morgan fingerprint density at radius 1 is 1.50 bits per heavy atom. The second-order valence-corrected chi connectivity index (χ2v) is 3.62. The zero-order valence-electron chi connectivity index (χ0n) is 8.40.